The zero-order valence-electron chi connectivity index (χ0n) is 9.38. The maximum Gasteiger partial charge on any atom is 0.336 e. The molecule has 3 heteroatoms. The van der Waals surface area contributed by atoms with E-state index in [0.717, 1.165) is 16.0 Å². The first-order chi connectivity index (χ1) is 8.18. The predicted molar refractivity (Wildman–Crippen MR) is 71.0 cm³/mol. The van der Waals surface area contributed by atoms with Gasteiger partial charge in [0.1, 0.15) is 0 Å². The van der Waals surface area contributed by atoms with Crippen molar-refractivity contribution in [2.75, 3.05) is 0 Å². The van der Waals surface area contributed by atoms with Crippen LogP contribution in [0.4, 0.5) is 0 Å². The first-order valence-electron chi connectivity index (χ1n) is 5.23. The molecule has 2 rings (SSSR count). The van der Waals surface area contributed by atoms with Gasteiger partial charge in [0.2, 0.25) is 0 Å². The van der Waals surface area contributed by atoms with Crippen LogP contribution in [0.2, 0.25) is 0 Å². The summed E-state index contributed by atoms with van der Waals surface area (Å²) in [6, 6.07) is 11.2. The minimum atomic E-state index is -0.899. The number of carboxylic acid groups (broad SMARTS) is 1. The molecule has 0 spiro atoms. The van der Waals surface area contributed by atoms with E-state index in [1.165, 1.54) is 0 Å². The van der Waals surface area contributed by atoms with Crippen molar-refractivity contribution >= 4 is 29.0 Å². The van der Waals surface area contributed by atoms with Gasteiger partial charge in [-0.1, -0.05) is 30.3 Å². The maximum absolute atomic E-state index is 11.3. The second-order valence-corrected chi connectivity index (χ2v) is 4.64. The lowest BCUT2D eigenvalue weighted by atomic mass is 10.0. The summed E-state index contributed by atoms with van der Waals surface area (Å²) >= 11 is 1.55. The third-order valence-electron chi connectivity index (χ3n) is 2.49. The lowest BCUT2D eigenvalue weighted by Crippen LogP contribution is -1.99. The van der Waals surface area contributed by atoms with Crippen LogP contribution in [0.5, 0.6) is 0 Å². The van der Waals surface area contributed by atoms with Gasteiger partial charge in [-0.25, -0.2) is 4.79 Å². The van der Waals surface area contributed by atoms with Crippen LogP contribution < -0.4 is 0 Å². The highest BCUT2D eigenvalue weighted by Gasteiger charge is 2.10. The second kappa shape index (κ2) is 4.97. The summed E-state index contributed by atoms with van der Waals surface area (Å²) < 4.78 is 0. The summed E-state index contributed by atoms with van der Waals surface area (Å²) in [4.78, 5) is 12.3. The molecule has 1 heterocycles. The molecule has 0 saturated carbocycles. The van der Waals surface area contributed by atoms with Crippen molar-refractivity contribution in [3.8, 4) is 0 Å². The molecule has 0 amide bonds. The molecular weight excluding hydrogens is 232 g/mol. The monoisotopic (exact) mass is 244 g/mol. The highest BCUT2D eigenvalue weighted by atomic mass is 32.1. The van der Waals surface area contributed by atoms with Crippen molar-refractivity contribution in [1.82, 2.24) is 0 Å². The molecule has 0 unspecified atom stereocenters. The largest absolute Gasteiger partial charge is 0.478 e. The quantitative estimate of drug-likeness (QED) is 0.836. The summed E-state index contributed by atoms with van der Waals surface area (Å²) in [5, 5.41) is 11.2. The average molecular weight is 244 g/mol. The van der Waals surface area contributed by atoms with E-state index >= 15 is 0 Å². The molecule has 17 heavy (non-hydrogen) atoms. The minimum absolute atomic E-state index is 0.330. The fourth-order valence-electron chi connectivity index (χ4n) is 1.55. The summed E-state index contributed by atoms with van der Waals surface area (Å²) in [6.07, 6.45) is 1.73. The van der Waals surface area contributed by atoms with Crippen LogP contribution in [-0.2, 0) is 4.79 Å². The Labute approximate surface area is 104 Å². The number of benzene rings is 1. The highest BCUT2D eigenvalue weighted by Crippen LogP contribution is 2.23. The summed E-state index contributed by atoms with van der Waals surface area (Å²) in [7, 11) is 0. The van der Waals surface area contributed by atoms with Gasteiger partial charge < -0.3 is 5.11 Å². The zero-order valence-corrected chi connectivity index (χ0v) is 10.2. The Balaban J connectivity index is 2.47. The molecule has 0 aliphatic carbocycles. The minimum Gasteiger partial charge on any atom is -0.478 e. The van der Waals surface area contributed by atoms with Gasteiger partial charge in [-0.3, -0.25) is 0 Å². The van der Waals surface area contributed by atoms with Gasteiger partial charge >= 0.3 is 5.97 Å². The Morgan fingerprint density at radius 1 is 1.24 bits per heavy atom. The molecule has 2 aromatic rings. The summed E-state index contributed by atoms with van der Waals surface area (Å²) in [5.41, 5.74) is 2.16. The van der Waals surface area contributed by atoms with Gasteiger partial charge in [0.05, 0.1) is 5.57 Å². The number of thiophene rings is 1. The molecule has 0 radical (unpaired) electrons. The van der Waals surface area contributed by atoms with E-state index in [-0.39, 0.29) is 0 Å². The zero-order chi connectivity index (χ0) is 12.3. The van der Waals surface area contributed by atoms with E-state index in [2.05, 4.69) is 0 Å². The normalized spacial score (nSPS) is 11.5. The lowest BCUT2D eigenvalue weighted by Gasteiger charge is -2.02. The van der Waals surface area contributed by atoms with Crippen LogP contribution in [0.15, 0.2) is 41.8 Å². The van der Waals surface area contributed by atoms with Crippen molar-refractivity contribution < 1.29 is 9.90 Å². The molecule has 0 aliphatic rings. The Bertz CT molecular complexity index is 553. The number of carbonyl (C=O) groups is 1. The van der Waals surface area contributed by atoms with Gasteiger partial charge in [-0.2, -0.15) is 0 Å². The number of carboxylic acids is 1. The van der Waals surface area contributed by atoms with Crippen molar-refractivity contribution in [3.05, 3.63) is 57.8 Å². The van der Waals surface area contributed by atoms with Gasteiger partial charge in [-0.15, -0.1) is 11.3 Å². The second-order valence-electron chi connectivity index (χ2n) is 3.70. The Morgan fingerprint density at radius 2 is 1.94 bits per heavy atom. The van der Waals surface area contributed by atoms with Crippen molar-refractivity contribution in [3.63, 3.8) is 0 Å². The molecule has 1 N–H and O–H groups in total. The predicted octanol–water partition coefficient (Wildman–Crippen LogP) is 3.68. The van der Waals surface area contributed by atoms with Crippen LogP contribution in [0, 0.1) is 6.92 Å². The molecule has 86 valence electrons. The lowest BCUT2D eigenvalue weighted by molar-refractivity contribution is -0.130. The van der Waals surface area contributed by atoms with Gasteiger partial charge in [-0.05, 0) is 35.6 Å². The van der Waals surface area contributed by atoms with E-state index < -0.39 is 5.97 Å². The van der Waals surface area contributed by atoms with E-state index in [4.69, 9.17) is 0 Å². The number of hydrogen-bond donors (Lipinski definition) is 1. The highest BCUT2D eigenvalue weighted by molar-refractivity contribution is 7.11. The molecule has 0 atom stereocenters. The molecule has 0 aliphatic heterocycles. The maximum atomic E-state index is 11.3. The van der Waals surface area contributed by atoms with E-state index in [1.54, 1.807) is 17.4 Å². The fourth-order valence-corrected chi connectivity index (χ4v) is 2.41. The topological polar surface area (TPSA) is 37.3 Å². The van der Waals surface area contributed by atoms with E-state index in [0.29, 0.717) is 5.57 Å². The molecule has 0 bridgehead atoms. The summed E-state index contributed by atoms with van der Waals surface area (Å²) in [6.45, 7) is 1.98. The first kappa shape index (κ1) is 11.6. The number of hydrogen-bond acceptors (Lipinski definition) is 2. The molecule has 2 nitrogen and oxygen atoms in total. The van der Waals surface area contributed by atoms with Crippen molar-refractivity contribution in [2.24, 2.45) is 0 Å². The first-order valence-corrected chi connectivity index (χ1v) is 6.11. The van der Waals surface area contributed by atoms with Crippen LogP contribution in [0.25, 0.3) is 11.6 Å². The Kier molecular flexibility index (Phi) is 3.40. The van der Waals surface area contributed by atoms with E-state index in [9.17, 15) is 9.90 Å². The van der Waals surface area contributed by atoms with Crippen molar-refractivity contribution in [1.29, 1.82) is 0 Å². The van der Waals surface area contributed by atoms with E-state index in [1.807, 2.05) is 48.7 Å². The average Bonchev–Trinajstić information content (AvgIpc) is 2.72. The fraction of sp³-hybridized carbons (Fsp3) is 0.0714. The van der Waals surface area contributed by atoms with Crippen LogP contribution in [0.1, 0.15) is 16.0 Å². The van der Waals surface area contributed by atoms with Gasteiger partial charge in [0.15, 0.2) is 0 Å². The molecule has 1 aromatic carbocycles. The summed E-state index contributed by atoms with van der Waals surface area (Å²) in [5.74, 6) is -0.899. The van der Waals surface area contributed by atoms with Crippen LogP contribution in [-0.4, -0.2) is 11.1 Å². The SMILES string of the molecule is Cc1ccsc1/C=C(/C(=O)O)c1ccccc1. The molecule has 1 aromatic heterocycles. The van der Waals surface area contributed by atoms with Crippen molar-refractivity contribution in [2.45, 2.75) is 6.92 Å². The molecular formula is C14H12O2S. The third kappa shape index (κ3) is 2.63. The molecule has 0 saturated heterocycles. The van der Waals surface area contributed by atoms with Gasteiger partial charge in [0.25, 0.3) is 0 Å². The Hall–Kier alpha value is -1.87. The van der Waals surface area contributed by atoms with Gasteiger partial charge in [0, 0.05) is 4.88 Å². The smallest absolute Gasteiger partial charge is 0.336 e. The Morgan fingerprint density at radius 3 is 2.47 bits per heavy atom. The van der Waals surface area contributed by atoms with Crippen LogP contribution >= 0.6 is 11.3 Å². The molecule has 0 fully saturated rings. The van der Waals surface area contributed by atoms with Crippen LogP contribution in [0.3, 0.4) is 0 Å². The third-order valence-corrected chi connectivity index (χ3v) is 3.46. The number of aliphatic carboxylic acids is 1. The number of rotatable bonds is 3. The standard InChI is InChI=1S/C14H12O2S/c1-10-7-8-17-13(10)9-12(14(15)16)11-5-3-2-4-6-11/h2-9H,1H3,(H,15,16)/b12-9+. The number of aryl methyl sites for hydroxylation is 1.